The number of hydrogen-bond acceptors (Lipinski definition) is 3. The zero-order valence-electron chi connectivity index (χ0n) is 12.3. The third kappa shape index (κ3) is 2.05. The molecule has 0 aliphatic carbocycles. The van der Waals surface area contributed by atoms with Gasteiger partial charge in [0.05, 0.1) is 11.2 Å². The van der Waals surface area contributed by atoms with E-state index in [9.17, 15) is 9.59 Å². The smallest absolute Gasteiger partial charge is 0.252 e. The summed E-state index contributed by atoms with van der Waals surface area (Å²) in [5, 5.41) is 3.62. The van der Waals surface area contributed by atoms with E-state index in [2.05, 4.69) is 10.3 Å². The molecular formula is C16H17N3O2. The molecule has 5 heteroatoms. The molecule has 21 heavy (non-hydrogen) atoms. The largest absolute Gasteiger partial charge is 0.340 e. The molecule has 1 N–H and O–H groups in total. The second kappa shape index (κ2) is 4.55. The van der Waals surface area contributed by atoms with Gasteiger partial charge in [-0.25, -0.2) is 0 Å². The first-order chi connectivity index (χ1) is 9.92. The van der Waals surface area contributed by atoms with Crippen molar-refractivity contribution in [2.45, 2.75) is 32.4 Å². The molecule has 2 amide bonds. The van der Waals surface area contributed by atoms with Crippen LogP contribution in [-0.2, 0) is 9.59 Å². The molecule has 3 rings (SSSR count). The molecule has 0 radical (unpaired) electrons. The Morgan fingerprint density at radius 3 is 2.71 bits per heavy atom. The summed E-state index contributed by atoms with van der Waals surface area (Å²) >= 11 is 0. The minimum absolute atomic E-state index is 0.119. The summed E-state index contributed by atoms with van der Waals surface area (Å²) in [6.07, 6.45) is 1.71. The zero-order valence-corrected chi connectivity index (χ0v) is 12.3. The van der Waals surface area contributed by atoms with Gasteiger partial charge in [-0.15, -0.1) is 0 Å². The third-order valence-corrected chi connectivity index (χ3v) is 3.84. The molecule has 0 saturated carbocycles. The van der Waals surface area contributed by atoms with E-state index in [1.807, 2.05) is 30.3 Å². The number of benzene rings is 1. The van der Waals surface area contributed by atoms with Gasteiger partial charge in [-0.1, -0.05) is 6.07 Å². The number of anilines is 1. The number of rotatable bonds is 1. The van der Waals surface area contributed by atoms with E-state index in [1.165, 1.54) is 0 Å². The van der Waals surface area contributed by atoms with Crippen molar-refractivity contribution in [3.63, 3.8) is 0 Å². The van der Waals surface area contributed by atoms with Gasteiger partial charge in [0.2, 0.25) is 5.91 Å². The van der Waals surface area contributed by atoms with Crippen molar-refractivity contribution in [2.75, 3.05) is 4.90 Å². The van der Waals surface area contributed by atoms with Gasteiger partial charge < -0.3 is 5.32 Å². The van der Waals surface area contributed by atoms with Crippen LogP contribution in [0.25, 0.3) is 10.9 Å². The van der Waals surface area contributed by atoms with Crippen molar-refractivity contribution in [3.05, 3.63) is 36.5 Å². The Kier molecular flexibility index (Phi) is 2.93. The highest BCUT2D eigenvalue weighted by Crippen LogP contribution is 2.31. The van der Waals surface area contributed by atoms with Crippen LogP contribution in [0.15, 0.2) is 36.5 Å². The predicted octanol–water partition coefficient (Wildman–Crippen LogP) is 1.86. The predicted molar refractivity (Wildman–Crippen MR) is 80.9 cm³/mol. The molecule has 1 fully saturated rings. The molecule has 2 heterocycles. The van der Waals surface area contributed by atoms with Gasteiger partial charge in [-0.05, 0) is 45.0 Å². The summed E-state index contributed by atoms with van der Waals surface area (Å²) in [7, 11) is 0. The summed E-state index contributed by atoms with van der Waals surface area (Å²) in [5.41, 5.74) is 0.619. The number of hydrogen-bond donors (Lipinski definition) is 1. The van der Waals surface area contributed by atoms with Gasteiger partial charge >= 0.3 is 0 Å². The lowest BCUT2D eigenvalue weighted by Crippen LogP contribution is -2.67. The maximum Gasteiger partial charge on any atom is 0.252 e. The summed E-state index contributed by atoms with van der Waals surface area (Å²) in [6, 6.07) is 8.80. The van der Waals surface area contributed by atoms with Crippen LogP contribution in [0.4, 0.5) is 5.69 Å². The standard InChI is InChI=1S/C16H17N3O2/c1-10-14(20)18-16(2,3)15(21)19(10)13-8-4-7-12-11(13)6-5-9-17-12/h4-10H,1-3H3,(H,18,20). The molecular weight excluding hydrogens is 266 g/mol. The van der Waals surface area contributed by atoms with Crippen LogP contribution in [-0.4, -0.2) is 28.4 Å². The Morgan fingerprint density at radius 2 is 1.95 bits per heavy atom. The number of nitrogens with zero attached hydrogens (tertiary/aromatic N) is 2. The summed E-state index contributed by atoms with van der Waals surface area (Å²) in [6.45, 7) is 5.17. The Labute approximate surface area is 123 Å². The molecule has 108 valence electrons. The number of fused-ring (bicyclic) bond motifs is 1. The second-order valence-corrected chi connectivity index (χ2v) is 5.81. The lowest BCUT2D eigenvalue weighted by molar-refractivity contribution is -0.136. The molecule has 0 spiro atoms. The van der Waals surface area contributed by atoms with Crippen LogP contribution in [0.2, 0.25) is 0 Å². The fourth-order valence-corrected chi connectivity index (χ4v) is 2.68. The van der Waals surface area contributed by atoms with Crippen LogP contribution in [0.3, 0.4) is 0 Å². The van der Waals surface area contributed by atoms with Crippen molar-refractivity contribution < 1.29 is 9.59 Å². The van der Waals surface area contributed by atoms with Crippen molar-refractivity contribution >= 4 is 28.4 Å². The minimum Gasteiger partial charge on any atom is -0.340 e. The zero-order chi connectivity index (χ0) is 15.2. The number of carbonyl (C=O) groups excluding carboxylic acids is 2. The van der Waals surface area contributed by atoms with E-state index in [-0.39, 0.29) is 11.8 Å². The molecule has 1 aliphatic heterocycles. The van der Waals surface area contributed by atoms with Gasteiger partial charge in [-0.3, -0.25) is 19.5 Å². The quantitative estimate of drug-likeness (QED) is 0.869. The third-order valence-electron chi connectivity index (χ3n) is 3.84. The van der Waals surface area contributed by atoms with Crippen LogP contribution in [0.1, 0.15) is 20.8 Å². The highest BCUT2D eigenvalue weighted by molar-refractivity contribution is 6.13. The highest BCUT2D eigenvalue weighted by atomic mass is 16.2. The first-order valence-corrected chi connectivity index (χ1v) is 6.91. The van der Waals surface area contributed by atoms with Crippen LogP contribution in [0, 0.1) is 0 Å². The molecule has 1 atom stereocenters. The maximum atomic E-state index is 12.7. The first-order valence-electron chi connectivity index (χ1n) is 6.91. The summed E-state index contributed by atoms with van der Waals surface area (Å²) in [5.74, 6) is -0.272. The van der Waals surface area contributed by atoms with Crippen LogP contribution in [0.5, 0.6) is 0 Å². The van der Waals surface area contributed by atoms with Gasteiger partial charge in [-0.2, -0.15) is 0 Å². The van der Waals surface area contributed by atoms with Crippen molar-refractivity contribution in [3.8, 4) is 0 Å². The number of piperazine rings is 1. The van der Waals surface area contributed by atoms with E-state index in [1.54, 1.807) is 31.9 Å². The summed E-state index contributed by atoms with van der Waals surface area (Å²) in [4.78, 5) is 30.8. The van der Waals surface area contributed by atoms with Crippen molar-refractivity contribution in [2.24, 2.45) is 0 Å². The number of nitrogens with one attached hydrogen (secondary N) is 1. The molecule has 1 aliphatic rings. The molecule has 1 saturated heterocycles. The second-order valence-electron chi connectivity index (χ2n) is 5.81. The maximum absolute atomic E-state index is 12.7. The molecule has 1 aromatic carbocycles. The average molecular weight is 283 g/mol. The molecule has 0 bridgehead atoms. The van der Waals surface area contributed by atoms with Gasteiger partial charge in [0.15, 0.2) is 0 Å². The lowest BCUT2D eigenvalue weighted by Gasteiger charge is -2.41. The topological polar surface area (TPSA) is 62.3 Å². The monoisotopic (exact) mass is 283 g/mol. The SMILES string of the molecule is CC1C(=O)NC(C)(C)C(=O)N1c1cccc2ncccc12. The van der Waals surface area contributed by atoms with E-state index in [0.29, 0.717) is 0 Å². The molecule has 2 aromatic rings. The van der Waals surface area contributed by atoms with Gasteiger partial charge in [0, 0.05) is 11.6 Å². The first kappa shape index (κ1) is 13.5. The molecule has 1 aromatic heterocycles. The number of carbonyl (C=O) groups is 2. The van der Waals surface area contributed by atoms with E-state index < -0.39 is 11.6 Å². The minimum atomic E-state index is -0.909. The van der Waals surface area contributed by atoms with E-state index >= 15 is 0 Å². The summed E-state index contributed by atoms with van der Waals surface area (Å²) < 4.78 is 0. The highest BCUT2D eigenvalue weighted by Gasteiger charge is 2.44. The molecule has 1 unspecified atom stereocenters. The number of aromatic nitrogens is 1. The Balaban J connectivity index is 2.20. The van der Waals surface area contributed by atoms with Crippen molar-refractivity contribution in [1.82, 2.24) is 10.3 Å². The Morgan fingerprint density at radius 1 is 1.19 bits per heavy atom. The van der Waals surface area contributed by atoms with Crippen molar-refractivity contribution in [1.29, 1.82) is 0 Å². The van der Waals surface area contributed by atoms with E-state index in [0.717, 1.165) is 16.6 Å². The fourth-order valence-electron chi connectivity index (χ4n) is 2.68. The van der Waals surface area contributed by atoms with Crippen LogP contribution >= 0.6 is 0 Å². The molecule has 5 nitrogen and oxygen atoms in total. The average Bonchev–Trinajstić information content (AvgIpc) is 2.45. The lowest BCUT2D eigenvalue weighted by atomic mass is 9.96. The van der Waals surface area contributed by atoms with E-state index in [4.69, 9.17) is 0 Å². The normalized spacial score (nSPS) is 21.5. The number of amides is 2. The van der Waals surface area contributed by atoms with Gasteiger partial charge in [0.25, 0.3) is 5.91 Å². The number of pyridine rings is 1. The van der Waals surface area contributed by atoms with Crippen LogP contribution < -0.4 is 10.2 Å². The van der Waals surface area contributed by atoms with Gasteiger partial charge in [0.1, 0.15) is 11.6 Å². The fraction of sp³-hybridized carbons (Fsp3) is 0.312. The Bertz CT molecular complexity index is 734. The Hall–Kier alpha value is -2.43.